The zero-order valence-electron chi connectivity index (χ0n) is 9.18. The van der Waals surface area contributed by atoms with Crippen LogP contribution in [0.15, 0.2) is 0 Å². The number of likely N-dealkylation sites (N-methyl/N-ethyl adjacent to an activating group) is 1. The summed E-state index contributed by atoms with van der Waals surface area (Å²) in [5.74, 6) is -0.211. The molecule has 0 aromatic carbocycles. The Balaban J connectivity index is 4.19. The van der Waals surface area contributed by atoms with Gasteiger partial charge in [0, 0.05) is 0 Å². The molecule has 1 unspecified atom stereocenters. The molecule has 0 saturated heterocycles. The molecule has 4 heteroatoms. The first-order valence-electron chi connectivity index (χ1n) is 4.38. The van der Waals surface area contributed by atoms with E-state index in [4.69, 9.17) is 4.74 Å². The normalized spacial score (nSPS) is 15.5. The van der Waals surface area contributed by atoms with Crippen molar-refractivity contribution in [2.45, 2.75) is 18.9 Å². The van der Waals surface area contributed by atoms with E-state index >= 15 is 0 Å². The summed E-state index contributed by atoms with van der Waals surface area (Å²) < 4.78 is 4.72. The minimum Gasteiger partial charge on any atom is -0.468 e. The van der Waals surface area contributed by atoms with Crippen LogP contribution in [0.5, 0.6) is 0 Å². The van der Waals surface area contributed by atoms with Gasteiger partial charge < -0.3 is 15.0 Å². The van der Waals surface area contributed by atoms with Crippen molar-refractivity contribution in [3.8, 4) is 0 Å². The lowest BCUT2D eigenvalue weighted by molar-refractivity contribution is -0.148. The lowest BCUT2D eigenvalue weighted by Gasteiger charge is -2.27. The molecule has 0 radical (unpaired) electrons. The van der Waals surface area contributed by atoms with Crippen molar-refractivity contribution in [1.29, 1.82) is 0 Å². The highest BCUT2D eigenvalue weighted by atomic mass is 16.5. The molecule has 0 aliphatic heterocycles. The van der Waals surface area contributed by atoms with Crippen molar-refractivity contribution in [1.82, 2.24) is 10.2 Å². The van der Waals surface area contributed by atoms with Crippen molar-refractivity contribution in [3.05, 3.63) is 0 Å². The molecule has 0 saturated carbocycles. The van der Waals surface area contributed by atoms with Gasteiger partial charge >= 0.3 is 5.97 Å². The van der Waals surface area contributed by atoms with Gasteiger partial charge in [-0.05, 0) is 41.0 Å². The van der Waals surface area contributed by atoms with Crippen molar-refractivity contribution < 1.29 is 9.53 Å². The van der Waals surface area contributed by atoms with E-state index in [9.17, 15) is 4.79 Å². The van der Waals surface area contributed by atoms with Crippen molar-refractivity contribution in [3.63, 3.8) is 0 Å². The summed E-state index contributed by atoms with van der Waals surface area (Å²) in [4.78, 5) is 13.4. The molecule has 0 aromatic heterocycles. The maximum absolute atomic E-state index is 11.4. The van der Waals surface area contributed by atoms with E-state index in [1.165, 1.54) is 7.11 Å². The van der Waals surface area contributed by atoms with Gasteiger partial charge in [-0.15, -0.1) is 0 Å². The molecule has 78 valence electrons. The van der Waals surface area contributed by atoms with Gasteiger partial charge in [-0.2, -0.15) is 0 Å². The first kappa shape index (κ1) is 12.4. The van der Waals surface area contributed by atoms with E-state index < -0.39 is 5.54 Å². The Bertz CT molecular complexity index is 171. The van der Waals surface area contributed by atoms with Crippen molar-refractivity contribution >= 4 is 5.97 Å². The summed E-state index contributed by atoms with van der Waals surface area (Å²) in [5.41, 5.74) is -0.570. The third-order valence-electron chi connectivity index (χ3n) is 2.25. The number of methoxy groups -OCH3 is 1. The molecular weight excluding hydrogens is 168 g/mol. The third kappa shape index (κ3) is 3.74. The molecule has 0 aliphatic carbocycles. The monoisotopic (exact) mass is 188 g/mol. The van der Waals surface area contributed by atoms with Crippen LogP contribution in [0.3, 0.4) is 0 Å². The maximum atomic E-state index is 11.4. The first-order valence-corrected chi connectivity index (χ1v) is 4.38. The van der Waals surface area contributed by atoms with E-state index in [0.717, 1.165) is 13.0 Å². The molecule has 0 bridgehead atoms. The Morgan fingerprint density at radius 1 is 1.54 bits per heavy atom. The number of rotatable bonds is 5. The highest BCUT2D eigenvalue weighted by molar-refractivity contribution is 5.80. The zero-order chi connectivity index (χ0) is 10.5. The third-order valence-corrected chi connectivity index (χ3v) is 2.25. The highest BCUT2D eigenvalue weighted by Crippen LogP contribution is 2.11. The predicted octanol–water partition coefficient (Wildman–Crippen LogP) is 0.0892. The average Bonchev–Trinajstić information content (AvgIpc) is 2.12. The molecule has 0 aromatic rings. The topological polar surface area (TPSA) is 41.6 Å². The van der Waals surface area contributed by atoms with Crippen LogP contribution < -0.4 is 5.32 Å². The molecule has 1 atom stereocenters. The SMILES string of the molecule is CNC(C)(CCN(C)C)C(=O)OC. The van der Waals surface area contributed by atoms with Crippen LogP contribution >= 0.6 is 0 Å². The quantitative estimate of drug-likeness (QED) is 0.621. The Morgan fingerprint density at radius 2 is 2.08 bits per heavy atom. The molecule has 0 fully saturated rings. The predicted molar refractivity (Wildman–Crippen MR) is 52.7 cm³/mol. The molecule has 0 aliphatic rings. The Hall–Kier alpha value is -0.610. The minimum absolute atomic E-state index is 0.211. The van der Waals surface area contributed by atoms with E-state index in [1.54, 1.807) is 7.05 Å². The average molecular weight is 188 g/mol. The number of nitrogens with one attached hydrogen (secondary N) is 1. The summed E-state index contributed by atoms with van der Waals surface area (Å²) in [6.07, 6.45) is 0.739. The van der Waals surface area contributed by atoms with E-state index in [2.05, 4.69) is 5.32 Å². The smallest absolute Gasteiger partial charge is 0.325 e. The van der Waals surface area contributed by atoms with E-state index in [0.29, 0.717) is 0 Å². The molecule has 13 heavy (non-hydrogen) atoms. The van der Waals surface area contributed by atoms with Gasteiger partial charge in [0.05, 0.1) is 7.11 Å². The largest absolute Gasteiger partial charge is 0.468 e. The molecular formula is C9H20N2O2. The fourth-order valence-corrected chi connectivity index (χ4v) is 1.00. The summed E-state index contributed by atoms with van der Waals surface area (Å²) in [6.45, 7) is 2.70. The lowest BCUT2D eigenvalue weighted by Crippen LogP contribution is -2.49. The van der Waals surface area contributed by atoms with Crippen LogP contribution in [-0.4, -0.2) is 51.2 Å². The van der Waals surface area contributed by atoms with Gasteiger partial charge in [0.2, 0.25) is 0 Å². The maximum Gasteiger partial charge on any atom is 0.325 e. The van der Waals surface area contributed by atoms with Gasteiger partial charge in [0.1, 0.15) is 5.54 Å². The number of carbonyl (C=O) groups is 1. The van der Waals surface area contributed by atoms with Gasteiger partial charge in [-0.3, -0.25) is 4.79 Å². The number of esters is 1. The summed E-state index contributed by atoms with van der Waals surface area (Å²) in [7, 11) is 7.14. The van der Waals surface area contributed by atoms with Gasteiger partial charge in [0.25, 0.3) is 0 Å². The van der Waals surface area contributed by atoms with E-state index in [-0.39, 0.29) is 5.97 Å². The van der Waals surface area contributed by atoms with Gasteiger partial charge in [0.15, 0.2) is 0 Å². The number of carbonyl (C=O) groups excluding carboxylic acids is 1. The van der Waals surface area contributed by atoms with Gasteiger partial charge in [-0.25, -0.2) is 0 Å². The van der Waals surface area contributed by atoms with Crippen LogP contribution in [-0.2, 0) is 9.53 Å². The summed E-state index contributed by atoms with van der Waals surface area (Å²) >= 11 is 0. The fraction of sp³-hybridized carbons (Fsp3) is 0.889. The van der Waals surface area contributed by atoms with Crippen LogP contribution in [0, 0.1) is 0 Å². The highest BCUT2D eigenvalue weighted by Gasteiger charge is 2.31. The first-order chi connectivity index (χ1) is 5.96. The second-order valence-corrected chi connectivity index (χ2v) is 3.63. The van der Waals surface area contributed by atoms with Gasteiger partial charge in [-0.1, -0.05) is 0 Å². The number of hydrogen-bond donors (Lipinski definition) is 1. The molecule has 0 amide bonds. The number of nitrogens with zero attached hydrogens (tertiary/aromatic N) is 1. The van der Waals surface area contributed by atoms with Crippen LogP contribution in [0.1, 0.15) is 13.3 Å². The number of hydrogen-bond acceptors (Lipinski definition) is 4. The lowest BCUT2D eigenvalue weighted by atomic mass is 9.98. The van der Waals surface area contributed by atoms with Crippen LogP contribution in [0.4, 0.5) is 0 Å². The van der Waals surface area contributed by atoms with Crippen molar-refractivity contribution in [2.24, 2.45) is 0 Å². The molecule has 1 N–H and O–H groups in total. The van der Waals surface area contributed by atoms with E-state index in [1.807, 2.05) is 25.9 Å². The Kier molecular flexibility index (Phi) is 4.95. The molecule has 0 heterocycles. The zero-order valence-corrected chi connectivity index (χ0v) is 9.18. The Morgan fingerprint density at radius 3 is 2.38 bits per heavy atom. The van der Waals surface area contributed by atoms with Crippen LogP contribution in [0.2, 0.25) is 0 Å². The second kappa shape index (κ2) is 5.19. The van der Waals surface area contributed by atoms with Crippen molar-refractivity contribution in [2.75, 3.05) is 34.8 Å². The summed E-state index contributed by atoms with van der Waals surface area (Å²) in [6, 6.07) is 0. The standard InChI is InChI=1S/C9H20N2O2/c1-9(10-2,8(12)13-5)6-7-11(3)4/h10H,6-7H2,1-5H3. The minimum atomic E-state index is -0.570. The fourth-order valence-electron chi connectivity index (χ4n) is 1.00. The number of ether oxygens (including phenoxy) is 1. The molecule has 4 nitrogen and oxygen atoms in total. The van der Waals surface area contributed by atoms with Crippen LogP contribution in [0.25, 0.3) is 0 Å². The summed E-state index contributed by atoms with van der Waals surface area (Å²) in [5, 5.41) is 2.98. The molecule has 0 spiro atoms. The molecule has 0 rings (SSSR count). The second-order valence-electron chi connectivity index (χ2n) is 3.63. The Labute approximate surface area is 80.2 Å².